The zero-order valence-electron chi connectivity index (χ0n) is 21.2. The Hall–Kier alpha value is -4.59. The first-order chi connectivity index (χ1) is 18.4. The summed E-state index contributed by atoms with van der Waals surface area (Å²) in [5.74, 6) is -0.833. The molecule has 10 nitrogen and oxygen atoms in total. The molecular weight excluding hydrogens is 502 g/mol. The number of carbonyl (C=O) groups is 3. The van der Waals surface area contributed by atoms with E-state index in [4.69, 9.17) is 11.5 Å². The summed E-state index contributed by atoms with van der Waals surface area (Å²) in [5.41, 5.74) is 9.65. The average Bonchev–Trinajstić information content (AvgIpc) is 2.86. The number of amides is 1. The van der Waals surface area contributed by atoms with Crippen molar-refractivity contribution in [3.63, 3.8) is 0 Å². The highest BCUT2D eigenvalue weighted by Gasteiger charge is 2.64. The Balaban J connectivity index is 1.68. The smallest absolute Gasteiger partial charge is 0.255 e. The van der Waals surface area contributed by atoms with Crippen molar-refractivity contribution in [2.45, 2.75) is 24.5 Å². The number of rotatable bonds is 2. The quantitative estimate of drug-likeness (QED) is 0.187. The number of nitrogens with zero attached hydrogens (tertiary/aromatic N) is 1. The van der Waals surface area contributed by atoms with Crippen molar-refractivity contribution in [3.05, 3.63) is 75.6 Å². The summed E-state index contributed by atoms with van der Waals surface area (Å²) in [6.45, 7) is 0. The number of primary amides is 1. The van der Waals surface area contributed by atoms with Gasteiger partial charge in [-0.2, -0.15) is 0 Å². The molecule has 0 spiro atoms. The van der Waals surface area contributed by atoms with E-state index in [9.17, 15) is 34.8 Å². The molecular formula is C29H27N3O7. The number of fused-ring (bicyclic) bond motifs is 3. The van der Waals surface area contributed by atoms with E-state index >= 15 is 0 Å². The topological polar surface area (TPSA) is 187 Å². The van der Waals surface area contributed by atoms with Gasteiger partial charge in [0.15, 0.2) is 11.4 Å². The van der Waals surface area contributed by atoms with Crippen LogP contribution in [0, 0.1) is 23.7 Å². The van der Waals surface area contributed by atoms with E-state index < -0.39 is 58.0 Å². The molecule has 3 aliphatic carbocycles. The van der Waals surface area contributed by atoms with Gasteiger partial charge in [0, 0.05) is 28.3 Å². The first-order valence-corrected chi connectivity index (χ1v) is 12.2. The van der Waals surface area contributed by atoms with Gasteiger partial charge in [-0.3, -0.25) is 19.3 Å². The zero-order chi connectivity index (χ0) is 28.4. The van der Waals surface area contributed by atoms with Crippen molar-refractivity contribution in [2.75, 3.05) is 19.8 Å². The summed E-state index contributed by atoms with van der Waals surface area (Å²) in [4.78, 5) is 40.6. The number of ketones is 2. The van der Waals surface area contributed by atoms with E-state index in [1.54, 1.807) is 44.4 Å². The van der Waals surface area contributed by atoms with E-state index in [-0.39, 0.29) is 29.7 Å². The van der Waals surface area contributed by atoms with E-state index in [1.807, 2.05) is 0 Å². The van der Waals surface area contributed by atoms with Gasteiger partial charge in [-0.25, -0.2) is 0 Å². The molecule has 200 valence electrons. The van der Waals surface area contributed by atoms with Crippen molar-refractivity contribution in [2.24, 2.45) is 17.6 Å². The maximum atomic E-state index is 13.9. The summed E-state index contributed by atoms with van der Waals surface area (Å²) in [6, 6.07) is 8.75. The highest BCUT2D eigenvalue weighted by atomic mass is 16.3. The maximum Gasteiger partial charge on any atom is 0.255 e. The second-order valence-electron chi connectivity index (χ2n) is 10.3. The molecule has 1 fully saturated rings. The van der Waals surface area contributed by atoms with Crippen LogP contribution in [0.3, 0.4) is 0 Å². The van der Waals surface area contributed by atoms with Crippen molar-refractivity contribution in [1.29, 1.82) is 0 Å². The van der Waals surface area contributed by atoms with Crippen molar-refractivity contribution in [1.82, 2.24) is 4.90 Å². The van der Waals surface area contributed by atoms with Crippen molar-refractivity contribution < 1.29 is 34.8 Å². The number of hydrogen-bond acceptors (Lipinski definition) is 9. The minimum atomic E-state index is -2.67. The fourth-order valence-electron chi connectivity index (χ4n) is 6.07. The van der Waals surface area contributed by atoms with Gasteiger partial charge in [-0.05, 0) is 74.8 Å². The maximum absolute atomic E-state index is 13.9. The lowest BCUT2D eigenvalue weighted by molar-refractivity contribution is -0.153. The Labute approximate surface area is 223 Å². The molecule has 2 aromatic carbocycles. The molecule has 1 amide bonds. The summed E-state index contributed by atoms with van der Waals surface area (Å²) in [5, 5.41) is 44.5. The highest BCUT2D eigenvalue weighted by molar-refractivity contribution is 6.24. The number of aliphatic hydroxyl groups excluding tert-OH is 2. The number of hydrogen-bond donors (Lipinski definition) is 6. The van der Waals surface area contributed by atoms with Crippen LogP contribution in [0.1, 0.15) is 28.7 Å². The van der Waals surface area contributed by atoms with E-state index in [1.165, 1.54) is 11.0 Å². The minimum absolute atomic E-state index is 0.00426. The first-order valence-electron chi connectivity index (χ1n) is 12.2. The molecule has 4 unspecified atom stereocenters. The summed E-state index contributed by atoms with van der Waals surface area (Å²) >= 11 is 0. The molecule has 0 aromatic heterocycles. The molecule has 4 atom stereocenters. The molecule has 10 heteroatoms. The number of Topliss-reactive ketones (excluding diaryl/α,β-unsaturated/α-hetero) is 2. The SMILES string of the molecule is CN(C)C1C(=O)C(C(N)=O)=C(O)C2(O)C(=O)C3=C(O)c4c(O)ccc(C#Cc5ccc(N)cc5)c4CC3CC12. The number of aliphatic hydroxyl groups is 3. The van der Waals surface area contributed by atoms with Crippen LogP contribution in [-0.4, -0.2) is 68.5 Å². The number of benzene rings is 2. The number of carbonyl (C=O) groups excluding carboxylic acids is 3. The number of nitrogen functional groups attached to an aromatic ring is 1. The van der Waals surface area contributed by atoms with E-state index in [2.05, 4.69) is 11.8 Å². The average molecular weight is 530 g/mol. The van der Waals surface area contributed by atoms with E-state index in [0.29, 0.717) is 22.4 Å². The molecule has 3 aliphatic rings. The molecule has 39 heavy (non-hydrogen) atoms. The highest BCUT2D eigenvalue weighted by Crippen LogP contribution is 2.52. The van der Waals surface area contributed by atoms with Gasteiger partial charge in [0.05, 0.1) is 11.6 Å². The molecule has 0 radical (unpaired) electrons. The van der Waals surface area contributed by atoms with Gasteiger partial charge in [-0.1, -0.05) is 11.8 Å². The van der Waals surface area contributed by atoms with Gasteiger partial charge in [0.25, 0.3) is 5.91 Å². The Morgan fingerprint density at radius 2 is 1.72 bits per heavy atom. The third-order valence-corrected chi connectivity index (χ3v) is 7.86. The van der Waals surface area contributed by atoms with Crippen LogP contribution in [0.2, 0.25) is 0 Å². The molecule has 0 bridgehead atoms. The number of phenols is 1. The molecule has 8 N–H and O–H groups in total. The lowest BCUT2D eigenvalue weighted by Gasteiger charge is -2.50. The van der Waals surface area contributed by atoms with Crippen LogP contribution >= 0.6 is 0 Å². The third-order valence-electron chi connectivity index (χ3n) is 7.86. The second kappa shape index (κ2) is 9.01. The molecule has 0 saturated heterocycles. The zero-order valence-corrected chi connectivity index (χ0v) is 21.2. The van der Waals surface area contributed by atoms with Crippen LogP contribution in [0.4, 0.5) is 5.69 Å². The van der Waals surface area contributed by atoms with Crippen LogP contribution in [0.5, 0.6) is 5.75 Å². The standard InChI is InChI=1S/C29H27N3O7/c1-32(2)23-18-12-15-11-17-14(6-3-13-4-8-16(30)9-5-13)7-10-19(33)21(17)24(34)20(15)26(36)29(18,39)27(37)22(25(23)35)28(31)38/h4-5,7-10,15,18,23,33-34,37,39H,11-12,30H2,1-2H3,(H2,31,38). The summed E-state index contributed by atoms with van der Waals surface area (Å²) < 4.78 is 0. The molecule has 2 aromatic rings. The number of aromatic hydroxyl groups is 1. The number of nitrogens with two attached hydrogens (primary N) is 2. The van der Waals surface area contributed by atoms with Crippen LogP contribution in [0.25, 0.3) is 5.76 Å². The predicted octanol–water partition coefficient (Wildman–Crippen LogP) is 0.946. The summed E-state index contributed by atoms with van der Waals surface area (Å²) in [7, 11) is 3.10. The molecule has 0 aliphatic heterocycles. The third kappa shape index (κ3) is 3.78. The lowest BCUT2D eigenvalue weighted by Crippen LogP contribution is -2.65. The Morgan fingerprint density at radius 1 is 1.05 bits per heavy atom. The van der Waals surface area contributed by atoms with Crippen molar-refractivity contribution >= 4 is 28.9 Å². The fourth-order valence-corrected chi connectivity index (χ4v) is 6.07. The molecule has 5 rings (SSSR count). The van der Waals surface area contributed by atoms with Crippen LogP contribution in [-0.2, 0) is 20.8 Å². The Kier molecular flexibility index (Phi) is 6.01. The number of anilines is 1. The normalized spacial score (nSPS) is 26.0. The monoisotopic (exact) mass is 529 g/mol. The molecule has 1 saturated carbocycles. The van der Waals surface area contributed by atoms with Crippen LogP contribution in [0.15, 0.2) is 53.3 Å². The van der Waals surface area contributed by atoms with Crippen LogP contribution < -0.4 is 11.5 Å². The second-order valence-corrected chi connectivity index (χ2v) is 10.3. The van der Waals surface area contributed by atoms with E-state index in [0.717, 1.165) is 0 Å². The first kappa shape index (κ1) is 26.0. The van der Waals surface area contributed by atoms with Gasteiger partial charge in [0.1, 0.15) is 22.8 Å². The Morgan fingerprint density at radius 3 is 2.33 bits per heavy atom. The van der Waals surface area contributed by atoms with Gasteiger partial charge < -0.3 is 31.9 Å². The van der Waals surface area contributed by atoms with Gasteiger partial charge >= 0.3 is 0 Å². The number of likely N-dealkylation sites (N-methyl/N-ethyl adjacent to an activating group) is 1. The lowest BCUT2D eigenvalue weighted by atomic mass is 9.57. The van der Waals surface area contributed by atoms with Gasteiger partial charge in [-0.15, -0.1) is 0 Å². The fraction of sp³-hybridized carbons (Fsp3) is 0.276. The predicted molar refractivity (Wildman–Crippen MR) is 141 cm³/mol. The van der Waals surface area contributed by atoms with Gasteiger partial charge in [0.2, 0.25) is 5.78 Å². The summed E-state index contributed by atoms with van der Waals surface area (Å²) in [6.07, 6.45) is 0.168. The largest absolute Gasteiger partial charge is 0.508 e. The minimum Gasteiger partial charge on any atom is -0.508 e. The number of phenolic OH excluding ortho intramolecular Hbond substituents is 1. The van der Waals surface area contributed by atoms with Crippen molar-refractivity contribution in [3.8, 4) is 17.6 Å². The molecule has 0 heterocycles. The Bertz CT molecular complexity index is 1580.